The minimum Gasteiger partial charge on any atom is -0.462 e. The molecule has 1 N–H and O–H groups in total. The smallest absolute Gasteiger partial charge is 0.306 e. The van der Waals surface area contributed by atoms with Crippen molar-refractivity contribution in [2.24, 2.45) is 5.29 Å². The molecule has 214 valence electrons. The standard InChI is InChI=1S/C28H51N3O6/c1-25(2)17-21(18-26(3,4)30(25)29-34)36-23(32)15-13-11-9-10-12-14-16-24(33)37-22-19-27(5,6)31(35)28(7,8)20-22/h21-22,35H,9-20H2,1-8H3. The summed E-state index contributed by atoms with van der Waals surface area (Å²) >= 11 is 0. The van der Waals surface area contributed by atoms with E-state index in [1.165, 1.54) is 5.06 Å². The van der Waals surface area contributed by atoms with Gasteiger partial charge in [-0.15, -0.1) is 4.91 Å². The van der Waals surface area contributed by atoms with Crippen LogP contribution in [0.3, 0.4) is 0 Å². The number of unbranched alkanes of at least 4 members (excludes halogenated alkanes) is 5. The average molecular weight is 526 g/mol. The zero-order valence-electron chi connectivity index (χ0n) is 24.5. The van der Waals surface area contributed by atoms with E-state index in [1.807, 2.05) is 55.4 Å². The van der Waals surface area contributed by atoms with Crippen LogP contribution in [0.1, 0.15) is 132 Å². The van der Waals surface area contributed by atoms with Crippen LogP contribution < -0.4 is 0 Å². The van der Waals surface area contributed by atoms with E-state index in [2.05, 4.69) is 5.29 Å². The van der Waals surface area contributed by atoms with Gasteiger partial charge in [0.05, 0.1) is 16.4 Å². The van der Waals surface area contributed by atoms with Gasteiger partial charge in [-0.3, -0.25) is 9.59 Å². The number of hydrogen-bond acceptors (Lipinski definition) is 8. The molecule has 0 amide bonds. The van der Waals surface area contributed by atoms with Crippen molar-refractivity contribution in [1.82, 2.24) is 10.1 Å². The Bertz CT molecular complexity index is 759. The number of ether oxygens (including phenoxy) is 2. The van der Waals surface area contributed by atoms with Gasteiger partial charge >= 0.3 is 11.9 Å². The van der Waals surface area contributed by atoms with Crippen molar-refractivity contribution in [3.05, 3.63) is 4.91 Å². The SMILES string of the molecule is CC1(C)CC(OC(=O)CCCCCCCCC(=O)OC2CC(C)(C)N(N=O)C(C)(C)C2)CC(C)(C)N1O. The van der Waals surface area contributed by atoms with Gasteiger partial charge in [-0.2, -0.15) is 5.06 Å². The van der Waals surface area contributed by atoms with Gasteiger partial charge in [-0.05, 0) is 68.2 Å². The molecule has 0 aromatic carbocycles. The highest BCUT2D eigenvalue weighted by Crippen LogP contribution is 2.40. The fourth-order valence-electron chi connectivity index (χ4n) is 6.48. The van der Waals surface area contributed by atoms with Gasteiger partial charge in [0.15, 0.2) is 0 Å². The van der Waals surface area contributed by atoms with Gasteiger partial charge in [0.2, 0.25) is 0 Å². The van der Waals surface area contributed by atoms with Crippen molar-refractivity contribution in [3.8, 4) is 0 Å². The fraction of sp³-hybridized carbons (Fsp3) is 0.929. The molecule has 0 spiro atoms. The van der Waals surface area contributed by atoms with Gasteiger partial charge in [0, 0.05) is 49.6 Å². The Hall–Kier alpha value is -1.74. The normalized spacial score (nSPS) is 23.4. The molecule has 2 fully saturated rings. The number of nitrogens with zero attached hydrogens (tertiary/aromatic N) is 3. The molecule has 2 saturated heterocycles. The lowest BCUT2D eigenvalue weighted by molar-refractivity contribution is -0.259. The lowest BCUT2D eigenvalue weighted by Gasteiger charge is -2.51. The Morgan fingerprint density at radius 2 is 1.00 bits per heavy atom. The van der Waals surface area contributed by atoms with Gasteiger partial charge in [0.1, 0.15) is 12.2 Å². The van der Waals surface area contributed by atoms with E-state index in [0.717, 1.165) is 38.5 Å². The largest absolute Gasteiger partial charge is 0.462 e. The second kappa shape index (κ2) is 12.4. The maximum Gasteiger partial charge on any atom is 0.306 e. The molecule has 0 aliphatic carbocycles. The number of esters is 2. The van der Waals surface area contributed by atoms with Crippen LogP contribution in [0.5, 0.6) is 0 Å². The quantitative estimate of drug-likeness (QED) is 0.179. The molecule has 0 unspecified atom stereocenters. The predicted octanol–water partition coefficient (Wildman–Crippen LogP) is 6.31. The van der Waals surface area contributed by atoms with Crippen LogP contribution in [0.4, 0.5) is 0 Å². The molecule has 9 nitrogen and oxygen atoms in total. The summed E-state index contributed by atoms with van der Waals surface area (Å²) in [4.78, 5) is 36.0. The summed E-state index contributed by atoms with van der Waals surface area (Å²) in [5.74, 6) is -0.336. The minimum absolute atomic E-state index is 0.160. The van der Waals surface area contributed by atoms with E-state index >= 15 is 0 Å². The Morgan fingerprint density at radius 3 is 1.35 bits per heavy atom. The van der Waals surface area contributed by atoms with Crippen molar-refractivity contribution >= 4 is 11.9 Å². The van der Waals surface area contributed by atoms with Crippen LogP contribution in [-0.4, -0.2) is 61.6 Å². The van der Waals surface area contributed by atoms with E-state index in [9.17, 15) is 19.7 Å². The Kier molecular flexibility index (Phi) is 10.6. The van der Waals surface area contributed by atoms with Gasteiger partial charge in [0.25, 0.3) is 0 Å². The first-order chi connectivity index (χ1) is 17.0. The van der Waals surface area contributed by atoms with E-state index in [4.69, 9.17) is 9.47 Å². The number of nitroso groups, excluding NO2 is 1. The van der Waals surface area contributed by atoms with E-state index in [-0.39, 0.29) is 24.1 Å². The van der Waals surface area contributed by atoms with Crippen molar-refractivity contribution in [1.29, 1.82) is 0 Å². The number of rotatable bonds is 12. The molecular formula is C28H51N3O6. The number of hydroxylamine groups is 2. The van der Waals surface area contributed by atoms with E-state index in [1.54, 1.807) is 5.01 Å². The molecule has 37 heavy (non-hydrogen) atoms. The average Bonchev–Trinajstić information content (AvgIpc) is 2.71. The van der Waals surface area contributed by atoms with Crippen molar-refractivity contribution in [2.75, 3.05) is 0 Å². The minimum atomic E-state index is -0.453. The van der Waals surface area contributed by atoms with Crippen molar-refractivity contribution in [3.63, 3.8) is 0 Å². The topological polar surface area (TPSA) is 109 Å². The van der Waals surface area contributed by atoms with Crippen LogP contribution in [0.2, 0.25) is 0 Å². The number of hydrogen-bond donors (Lipinski definition) is 1. The van der Waals surface area contributed by atoms with Gasteiger partial charge in [-0.25, -0.2) is 5.01 Å². The van der Waals surface area contributed by atoms with Crippen molar-refractivity contribution < 1.29 is 24.3 Å². The first-order valence-corrected chi connectivity index (χ1v) is 14.0. The van der Waals surface area contributed by atoms with E-state index in [0.29, 0.717) is 38.5 Å². The Morgan fingerprint density at radius 1 is 0.676 bits per heavy atom. The van der Waals surface area contributed by atoms with Crippen LogP contribution >= 0.6 is 0 Å². The molecule has 2 rings (SSSR count). The first-order valence-electron chi connectivity index (χ1n) is 14.0. The summed E-state index contributed by atoms with van der Waals surface area (Å²) in [6, 6.07) is 0. The molecule has 0 saturated carbocycles. The maximum atomic E-state index is 12.4. The lowest BCUT2D eigenvalue weighted by Crippen LogP contribution is -2.60. The highest BCUT2D eigenvalue weighted by atomic mass is 16.6. The molecule has 9 heteroatoms. The third-order valence-electron chi connectivity index (χ3n) is 7.89. The molecule has 0 aromatic heterocycles. The fourth-order valence-corrected chi connectivity index (χ4v) is 6.48. The zero-order chi connectivity index (χ0) is 28.1. The maximum absolute atomic E-state index is 12.4. The summed E-state index contributed by atoms with van der Waals surface area (Å²) in [5.41, 5.74) is -1.77. The summed E-state index contributed by atoms with van der Waals surface area (Å²) < 4.78 is 11.5. The molecule has 0 bridgehead atoms. The van der Waals surface area contributed by atoms with Crippen molar-refractivity contribution in [2.45, 2.75) is 167 Å². The molecule has 2 heterocycles. The number of carbonyl (C=O) groups excluding carboxylic acids is 2. The molecular weight excluding hydrogens is 474 g/mol. The summed E-state index contributed by atoms with van der Waals surface area (Å²) in [6.45, 7) is 15.7. The highest BCUT2D eigenvalue weighted by molar-refractivity contribution is 5.69. The molecule has 0 aromatic rings. The molecule has 2 aliphatic heterocycles. The second-order valence-corrected chi connectivity index (χ2v) is 13.6. The van der Waals surface area contributed by atoms with Crippen LogP contribution in [0, 0.1) is 4.91 Å². The highest BCUT2D eigenvalue weighted by Gasteiger charge is 2.48. The lowest BCUT2D eigenvalue weighted by atomic mass is 9.80. The van der Waals surface area contributed by atoms with E-state index < -0.39 is 22.2 Å². The summed E-state index contributed by atoms with van der Waals surface area (Å²) in [5, 5.41) is 16.6. The predicted molar refractivity (Wildman–Crippen MR) is 143 cm³/mol. The van der Waals surface area contributed by atoms with Crippen LogP contribution in [-0.2, 0) is 19.1 Å². The third-order valence-corrected chi connectivity index (χ3v) is 7.89. The molecule has 2 aliphatic rings. The monoisotopic (exact) mass is 525 g/mol. The first kappa shape index (κ1) is 31.5. The summed E-state index contributed by atoms with van der Waals surface area (Å²) in [6.07, 6.45) is 8.38. The van der Waals surface area contributed by atoms with Crippen LogP contribution in [0.25, 0.3) is 0 Å². The van der Waals surface area contributed by atoms with Gasteiger partial charge < -0.3 is 14.7 Å². The van der Waals surface area contributed by atoms with Gasteiger partial charge in [-0.1, -0.05) is 25.7 Å². The van der Waals surface area contributed by atoms with Crippen LogP contribution in [0.15, 0.2) is 5.29 Å². The third kappa shape index (κ3) is 8.91. The summed E-state index contributed by atoms with van der Waals surface area (Å²) in [7, 11) is 0. The molecule has 0 atom stereocenters. The number of piperidine rings is 2. The zero-order valence-corrected chi connectivity index (χ0v) is 24.5. The number of carbonyl (C=O) groups is 2. The second-order valence-electron chi connectivity index (χ2n) is 13.6. The Labute approximate surface area is 223 Å². The molecule has 0 radical (unpaired) electrons. The Balaban J connectivity index is 1.56.